The molecule has 2 saturated carbocycles. The number of fused-ring (bicyclic) bond motifs is 1. The fourth-order valence-corrected chi connectivity index (χ4v) is 6.94. The zero-order valence-corrected chi connectivity index (χ0v) is 19.5. The van der Waals surface area contributed by atoms with E-state index in [9.17, 15) is 8.42 Å². The van der Waals surface area contributed by atoms with Crippen LogP contribution in [-0.2, 0) is 10.0 Å². The molecule has 3 aliphatic rings. The van der Waals surface area contributed by atoms with E-state index in [0.717, 1.165) is 42.3 Å². The minimum Gasteiger partial charge on any atom is -0.480 e. The van der Waals surface area contributed by atoms with Crippen LogP contribution in [0.2, 0.25) is 0 Å². The van der Waals surface area contributed by atoms with E-state index in [0.29, 0.717) is 35.2 Å². The zero-order chi connectivity index (χ0) is 22.8. The van der Waals surface area contributed by atoms with Crippen molar-refractivity contribution in [1.82, 2.24) is 18.9 Å². The predicted molar refractivity (Wildman–Crippen MR) is 126 cm³/mol. The summed E-state index contributed by atoms with van der Waals surface area (Å²) < 4.78 is 34.8. The Bertz CT molecular complexity index is 1430. The van der Waals surface area contributed by atoms with Crippen LogP contribution in [0.5, 0.6) is 5.88 Å². The lowest BCUT2D eigenvalue weighted by Crippen LogP contribution is -2.42. The van der Waals surface area contributed by atoms with Crippen LogP contribution >= 0.6 is 0 Å². The number of ether oxygens (including phenoxy) is 1. The SMILES string of the molecule is COc1ncnc(C2CC2)c1C1=CC=C(C2CC2)CC1(C)S(=O)(=O)n1ccc2cnccc21. The molecule has 1 unspecified atom stereocenters. The number of nitrogens with zero attached hydrogens (tertiary/aromatic N) is 4. The Balaban J connectivity index is 1.59. The van der Waals surface area contributed by atoms with E-state index < -0.39 is 14.8 Å². The summed E-state index contributed by atoms with van der Waals surface area (Å²) in [6.45, 7) is 1.85. The van der Waals surface area contributed by atoms with Crippen molar-refractivity contribution < 1.29 is 13.2 Å². The highest BCUT2D eigenvalue weighted by Crippen LogP contribution is 2.53. The van der Waals surface area contributed by atoms with Crippen LogP contribution in [0.15, 0.2) is 54.8 Å². The molecule has 0 radical (unpaired) electrons. The molecule has 170 valence electrons. The first kappa shape index (κ1) is 20.6. The average Bonchev–Trinajstić information content (AvgIpc) is 3.75. The van der Waals surface area contributed by atoms with Crippen LogP contribution in [0.3, 0.4) is 0 Å². The fourth-order valence-electron chi connectivity index (χ4n) is 5.06. The number of hydrogen-bond acceptors (Lipinski definition) is 6. The molecule has 33 heavy (non-hydrogen) atoms. The van der Waals surface area contributed by atoms with Crippen molar-refractivity contribution in [2.75, 3.05) is 7.11 Å². The van der Waals surface area contributed by atoms with Gasteiger partial charge >= 0.3 is 0 Å². The Labute approximate surface area is 193 Å². The maximum Gasteiger partial charge on any atom is 0.249 e. The van der Waals surface area contributed by atoms with Gasteiger partial charge in [-0.25, -0.2) is 22.4 Å². The third-order valence-corrected chi connectivity index (χ3v) is 9.57. The molecule has 3 aromatic rings. The van der Waals surface area contributed by atoms with Crippen molar-refractivity contribution in [1.29, 1.82) is 0 Å². The van der Waals surface area contributed by atoms with Gasteiger partial charge in [0.15, 0.2) is 0 Å². The molecular weight excluding hydrogens is 436 g/mol. The summed E-state index contributed by atoms with van der Waals surface area (Å²) in [7, 11) is -2.28. The number of methoxy groups -OCH3 is 1. The lowest BCUT2D eigenvalue weighted by atomic mass is 9.81. The minimum absolute atomic E-state index is 0.317. The van der Waals surface area contributed by atoms with Crippen LogP contribution in [-0.4, -0.2) is 39.2 Å². The van der Waals surface area contributed by atoms with Gasteiger partial charge in [-0.1, -0.05) is 17.7 Å². The number of aromatic nitrogens is 4. The van der Waals surface area contributed by atoms with E-state index in [1.165, 1.54) is 15.9 Å². The van der Waals surface area contributed by atoms with E-state index in [4.69, 9.17) is 4.74 Å². The van der Waals surface area contributed by atoms with Gasteiger partial charge < -0.3 is 4.74 Å². The molecular formula is C25H26N4O3S. The molecule has 0 saturated heterocycles. The molecule has 3 heterocycles. The standard InChI is InChI=1S/C25H26N4O3S/c1-25(33(30,31)29-12-10-19-14-26-11-9-21(19)29)13-18(16-3-4-16)7-8-20(25)22-23(17-5-6-17)27-15-28-24(22)32-2/h7-12,14-17H,3-6,13H2,1-2H3. The van der Waals surface area contributed by atoms with Gasteiger partial charge in [-0.05, 0) is 62.7 Å². The highest BCUT2D eigenvalue weighted by atomic mass is 32.2. The Kier molecular flexibility index (Phi) is 4.52. The minimum atomic E-state index is -3.86. The van der Waals surface area contributed by atoms with Gasteiger partial charge in [0.05, 0.1) is 23.9 Å². The first-order valence-electron chi connectivity index (χ1n) is 11.4. The fraction of sp³-hybridized carbons (Fsp3) is 0.400. The van der Waals surface area contributed by atoms with E-state index in [1.807, 2.05) is 13.0 Å². The van der Waals surface area contributed by atoms with Gasteiger partial charge in [-0.3, -0.25) is 4.98 Å². The van der Waals surface area contributed by atoms with Crippen LogP contribution < -0.4 is 4.74 Å². The molecule has 8 heteroatoms. The van der Waals surface area contributed by atoms with Crippen LogP contribution in [0.4, 0.5) is 0 Å². The monoisotopic (exact) mass is 462 g/mol. The number of pyridine rings is 1. The molecule has 2 fully saturated rings. The van der Waals surface area contributed by atoms with Crippen molar-refractivity contribution in [2.24, 2.45) is 5.92 Å². The smallest absolute Gasteiger partial charge is 0.249 e. The molecule has 3 aliphatic carbocycles. The number of hydrogen-bond donors (Lipinski definition) is 0. The summed E-state index contributed by atoms with van der Waals surface area (Å²) >= 11 is 0. The highest BCUT2D eigenvalue weighted by molar-refractivity contribution is 7.92. The van der Waals surface area contributed by atoms with Crippen molar-refractivity contribution in [3.05, 3.63) is 66.0 Å². The Hall–Kier alpha value is -3.00. The summed E-state index contributed by atoms with van der Waals surface area (Å²) in [5.41, 5.74) is 4.16. The van der Waals surface area contributed by atoms with Gasteiger partial charge in [0.2, 0.25) is 15.9 Å². The summed E-state index contributed by atoms with van der Waals surface area (Å²) in [4.78, 5) is 13.1. The van der Waals surface area contributed by atoms with E-state index >= 15 is 0 Å². The molecule has 3 aromatic heterocycles. The third-order valence-electron chi connectivity index (χ3n) is 7.23. The summed E-state index contributed by atoms with van der Waals surface area (Å²) in [6, 6.07) is 3.55. The zero-order valence-electron chi connectivity index (χ0n) is 18.7. The maximum atomic E-state index is 14.4. The van der Waals surface area contributed by atoms with E-state index in [2.05, 4.69) is 21.0 Å². The van der Waals surface area contributed by atoms with Crippen molar-refractivity contribution in [3.63, 3.8) is 0 Å². The van der Waals surface area contributed by atoms with Gasteiger partial charge in [-0.2, -0.15) is 0 Å². The Morgan fingerprint density at radius 3 is 2.61 bits per heavy atom. The average molecular weight is 463 g/mol. The Morgan fingerprint density at radius 2 is 1.88 bits per heavy atom. The first-order chi connectivity index (χ1) is 15.9. The van der Waals surface area contributed by atoms with Crippen LogP contribution in [0.25, 0.3) is 16.5 Å². The number of rotatable bonds is 6. The van der Waals surface area contributed by atoms with E-state index in [-0.39, 0.29) is 0 Å². The molecule has 0 N–H and O–H groups in total. The first-order valence-corrected chi connectivity index (χ1v) is 12.8. The summed E-state index contributed by atoms with van der Waals surface area (Å²) in [6.07, 6.45) is 15.3. The predicted octanol–water partition coefficient (Wildman–Crippen LogP) is 4.47. The molecule has 0 aromatic carbocycles. The summed E-state index contributed by atoms with van der Waals surface area (Å²) in [5, 5.41) is 0.795. The quantitative estimate of drug-likeness (QED) is 0.537. The highest BCUT2D eigenvalue weighted by Gasteiger charge is 2.50. The van der Waals surface area contributed by atoms with E-state index in [1.54, 1.807) is 37.8 Å². The second-order valence-corrected chi connectivity index (χ2v) is 11.7. The van der Waals surface area contributed by atoms with Crippen LogP contribution in [0.1, 0.15) is 56.2 Å². The van der Waals surface area contributed by atoms with Gasteiger partial charge in [0.1, 0.15) is 11.1 Å². The van der Waals surface area contributed by atoms with Crippen molar-refractivity contribution in [2.45, 2.75) is 49.7 Å². The molecule has 0 spiro atoms. The van der Waals surface area contributed by atoms with Gasteiger partial charge in [0, 0.05) is 29.9 Å². The number of allylic oxidation sites excluding steroid dienone is 3. The molecule has 1 atom stereocenters. The van der Waals surface area contributed by atoms with Crippen LogP contribution in [0, 0.1) is 5.92 Å². The van der Waals surface area contributed by atoms with Crippen molar-refractivity contribution in [3.8, 4) is 5.88 Å². The largest absolute Gasteiger partial charge is 0.480 e. The molecule has 0 bridgehead atoms. The lowest BCUT2D eigenvalue weighted by Gasteiger charge is -2.36. The summed E-state index contributed by atoms with van der Waals surface area (Å²) in [5.74, 6) is 1.22. The molecule has 6 rings (SSSR count). The Morgan fingerprint density at radius 1 is 1.09 bits per heavy atom. The van der Waals surface area contributed by atoms with Crippen molar-refractivity contribution >= 4 is 26.5 Å². The van der Waals surface area contributed by atoms with Gasteiger partial charge in [0.25, 0.3) is 0 Å². The third kappa shape index (κ3) is 3.14. The van der Waals surface area contributed by atoms with Gasteiger partial charge in [-0.15, -0.1) is 0 Å². The molecule has 7 nitrogen and oxygen atoms in total. The second-order valence-electron chi connectivity index (χ2n) is 9.47. The maximum absolute atomic E-state index is 14.4. The second kappa shape index (κ2) is 7.25. The molecule has 0 amide bonds. The topological polar surface area (TPSA) is 87.0 Å². The molecule has 0 aliphatic heterocycles. The normalized spacial score (nSPS) is 23.3. The lowest BCUT2D eigenvalue weighted by molar-refractivity contribution is 0.393.